The maximum atomic E-state index is 12.3. The zero-order valence-corrected chi connectivity index (χ0v) is 13.7. The highest BCUT2D eigenvalue weighted by atomic mass is 16.5. The normalized spacial score (nSPS) is 19.7. The van der Waals surface area contributed by atoms with Crippen LogP contribution in [-0.2, 0) is 20.7 Å². The molecule has 0 saturated carbocycles. The summed E-state index contributed by atoms with van der Waals surface area (Å²) >= 11 is 0. The molecular formula is C18H24N2O3. The summed E-state index contributed by atoms with van der Waals surface area (Å²) in [6, 6.07) is 7.39. The smallest absolute Gasteiger partial charge is 0.247 e. The van der Waals surface area contributed by atoms with E-state index in [1.54, 1.807) is 12.1 Å². The van der Waals surface area contributed by atoms with Crippen LogP contribution in [0, 0.1) is 5.41 Å². The van der Waals surface area contributed by atoms with E-state index in [9.17, 15) is 9.59 Å². The van der Waals surface area contributed by atoms with Gasteiger partial charge in [0.05, 0.1) is 13.0 Å². The van der Waals surface area contributed by atoms with Gasteiger partial charge in [-0.05, 0) is 30.2 Å². The maximum Gasteiger partial charge on any atom is 0.247 e. The van der Waals surface area contributed by atoms with Gasteiger partial charge in [-0.2, -0.15) is 0 Å². The lowest BCUT2D eigenvalue weighted by molar-refractivity contribution is -0.123. The maximum absolute atomic E-state index is 12.3. The molecule has 1 unspecified atom stereocenters. The van der Waals surface area contributed by atoms with Crippen molar-refractivity contribution >= 4 is 17.5 Å². The molecular weight excluding hydrogens is 292 g/mol. The Hall–Kier alpha value is -2.14. The van der Waals surface area contributed by atoms with Crippen LogP contribution in [0.4, 0.5) is 5.69 Å². The third kappa shape index (κ3) is 4.93. The summed E-state index contributed by atoms with van der Waals surface area (Å²) in [5.74, 6) is -0.285. The van der Waals surface area contributed by atoms with Crippen molar-refractivity contribution in [2.75, 3.05) is 18.5 Å². The molecule has 1 aliphatic rings. The zero-order chi connectivity index (χ0) is 16.9. The van der Waals surface area contributed by atoms with Crippen LogP contribution in [0.1, 0.15) is 25.8 Å². The summed E-state index contributed by atoms with van der Waals surface area (Å²) < 4.78 is 5.48. The highest BCUT2D eigenvalue weighted by Crippen LogP contribution is 2.27. The van der Waals surface area contributed by atoms with Crippen LogP contribution in [0.2, 0.25) is 0 Å². The summed E-state index contributed by atoms with van der Waals surface area (Å²) in [7, 11) is 0. The largest absolute Gasteiger partial charge is 0.381 e. The minimum absolute atomic E-state index is 0.0165. The number of anilines is 1. The molecule has 0 radical (unpaired) electrons. The summed E-state index contributed by atoms with van der Waals surface area (Å²) in [6.07, 6.45) is 2.33. The first kappa shape index (κ1) is 17.2. The van der Waals surface area contributed by atoms with Gasteiger partial charge in [-0.15, -0.1) is 0 Å². The molecule has 5 nitrogen and oxygen atoms in total. The van der Waals surface area contributed by atoms with Gasteiger partial charge in [0.25, 0.3) is 0 Å². The van der Waals surface area contributed by atoms with E-state index in [2.05, 4.69) is 31.1 Å². The first-order chi connectivity index (χ1) is 10.9. The Bertz CT molecular complexity index is 596. The van der Waals surface area contributed by atoms with Gasteiger partial charge in [-0.1, -0.05) is 32.6 Å². The molecule has 1 fully saturated rings. The van der Waals surface area contributed by atoms with Gasteiger partial charge >= 0.3 is 0 Å². The molecule has 1 aromatic rings. The molecule has 2 rings (SSSR count). The highest BCUT2D eigenvalue weighted by Gasteiger charge is 2.33. The number of hydrogen-bond acceptors (Lipinski definition) is 3. The molecule has 0 aliphatic carbocycles. The third-order valence-electron chi connectivity index (χ3n) is 4.05. The quantitative estimate of drug-likeness (QED) is 0.819. The van der Waals surface area contributed by atoms with Crippen LogP contribution >= 0.6 is 0 Å². The van der Waals surface area contributed by atoms with E-state index in [1.807, 2.05) is 12.1 Å². The van der Waals surface area contributed by atoms with E-state index in [0.717, 1.165) is 12.0 Å². The Labute approximate surface area is 137 Å². The number of benzene rings is 1. The molecule has 0 bridgehead atoms. The van der Waals surface area contributed by atoms with Crippen molar-refractivity contribution < 1.29 is 14.3 Å². The summed E-state index contributed by atoms with van der Waals surface area (Å²) in [5, 5.41) is 5.80. The predicted octanol–water partition coefficient (Wildman–Crippen LogP) is 2.28. The number of nitrogens with one attached hydrogen (secondary N) is 2. The van der Waals surface area contributed by atoms with Crippen molar-refractivity contribution in [3.63, 3.8) is 0 Å². The molecule has 124 valence electrons. The minimum atomic E-state index is -0.268. The lowest BCUT2D eigenvalue weighted by atomic mass is 9.82. The number of ether oxygens (including phenoxy) is 1. The molecule has 1 aliphatic heterocycles. The SMILES string of the molecule is C=CC(=O)Nc1cccc(CC(=O)NC2CCOCC2(C)C)c1. The fourth-order valence-electron chi connectivity index (χ4n) is 2.68. The van der Waals surface area contributed by atoms with E-state index in [1.165, 1.54) is 6.08 Å². The molecule has 2 N–H and O–H groups in total. The van der Waals surface area contributed by atoms with E-state index in [0.29, 0.717) is 18.9 Å². The molecule has 1 aromatic carbocycles. The van der Waals surface area contributed by atoms with E-state index < -0.39 is 0 Å². The third-order valence-corrected chi connectivity index (χ3v) is 4.05. The van der Waals surface area contributed by atoms with Crippen molar-refractivity contribution in [1.82, 2.24) is 5.32 Å². The fourth-order valence-corrected chi connectivity index (χ4v) is 2.68. The van der Waals surface area contributed by atoms with Crippen molar-refractivity contribution in [3.05, 3.63) is 42.5 Å². The number of carbonyl (C=O) groups is 2. The second-order valence-electron chi connectivity index (χ2n) is 6.52. The van der Waals surface area contributed by atoms with Gasteiger partial charge in [0, 0.05) is 23.8 Å². The Morgan fingerprint density at radius 3 is 2.91 bits per heavy atom. The lowest BCUT2D eigenvalue weighted by Gasteiger charge is -2.38. The molecule has 1 saturated heterocycles. The summed E-state index contributed by atoms with van der Waals surface area (Å²) in [6.45, 7) is 8.95. The number of amides is 2. The van der Waals surface area contributed by atoms with Crippen molar-refractivity contribution in [1.29, 1.82) is 0 Å². The van der Waals surface area contributed by atoms with Crippen LogP contribution in [-0.4, -0.2) is 31.1 Å². The summed E-state index contributed by atoms with van der Waals surface area (Å²) in [4.78, 5) is 23.6. The van der Waals surface area contributed by atoms with Crippen LogP contribution in [0.15, 0.2) is 36.9 Å². The molecule has 23 heavy (non-hydrogen) atoms. The first-order valence-electron chi connectivity index (χ1n) is 7.80. The first-order valence-corrected chi connectivity index (χ1v) is 7.80. The van der Waals surface area contributed by atoms with Crippen molar-refractivity contribution in [3.8, 4) is 0 Å². The van der Waals surface area contributed by atoms with Gasteiger partial charge in [0.1, 0.15) is 0 Å². The van der Waals surface area contributed by atoms with Gasteiger partial charge < -0.3 is 15.4 Å². The highest BCUT2D eigenvalue weighted by molar-refractivity contribution is 5.98. The molecule has 0 aromatic heterocycles. The van der Waals surface area contributed by atoms with Gasteiger partial charge in [-0.3, -0.25) is 9.59 Å². The number of rotatable bonds is 5. The average molecular weight is 316 g/mol. The number of hydrogen-bond donors (Lipinski definition) is 2. The number of carbonyl (C=O) groups excluding carboxylic acids is 2. The molecule has 5 heteroatoms. The summed E-state index contributed by atoms with van der Waals surface area (Å²) in [5.41, 5.74) is 1.45. The van der Waals surface area contributed by atoms with Crippen LogP contribution in [0.25, 0.3) is 0 Å². The fraction of sp³-hybridized carbons (Fsp3) is 0.444. The van der Waals surface area contributed by atoms with Crippen molar-refractivity contribution in [2.45, 2.75) is 32.7 Å². The van der Waals surface area contributed by atoms with E-state index in [4.69, 9.17) is 4.74 Å². The Morgan fingerprint density at radius 1 is 1.43 bits per heavy atom. The van der Waals surface area contributed by atoms with Crippen LogP contribution in [0.3, 0.4) is 0 Å². The Morgan fingerprint density at radius 2 is 2.22 bits per heavy atom. The lowest BCUT2D eigenvalue weighted by Crippen LogP contribution is -2.50. The molecule has 1 heterocycles. The molecule has 1 atom stereocenters. The molecule has 2 amide bonds. The average Bonchev–Trinajstić information content (AvgIpc) is 2.49. The Balaban J connectivity index is 1.96. The second kappa shape index (κ2) is 7.42. The second-order valence-corrected chi connectivity index (χ2v) is 6.52. The van der Waals surface area contributed by atoms with Crippen LogP contribution in [0.5, 0.6) is 0 Å². The molecule has 0 spiro atoms. The van der Waals surface area contributed by atoms with Gasteiger partial charge in [0.2, 0.25) is 11.8 Å². The van der Waals surface area contributed by atoms with Crippen LogP contribution < -0.4 is 10.6 Å². The predicted molar refractivity (Wildman–Crippen MR) is 90.1 cm³/mol. The van der Waals surface area contributed by atoms with E-state index >= 15 is 0 Å². The monoisotopic (exact) mass is 316 g/mol. The Kier molecular flexibility index (Phi) is 5.55. The van der Waals surface area contributed by atoms with Gasteiger partial charge in [0.15, 0.2) is 0 Å². The standard InChI is InChI=1S/C18H24N2O3/c1-4-16(21)19-14-7-5-6-13(10-14)11-17(22)20-15-8-9-23-12-18(15,2)3/h4-7,10,15H,1,8-9,11-12H2,2-3H3,(H,19,21)(H,20,22). The topological polar surface area (TPSA) is 67.4 Å². The van der Waals surface area contributed by atoms with Gasteiger partial charge in [-0.25, -0.2) is 0 Å². The zero-order valence-electron chi connectivity index (χ0n) is 13.7. The van der Waals surface area contributed by atoms with Crippen molar-refractivity contribution in [2.24, 2.45) is 5.41 Å². The minimum Gasteiger partial charge on any atom is -0.381 e. The van der Waals surface area contributed by atoms with E-state index in [-0.39, 0.29) is 29.7 Å².